The molecule has 0 aliphatic heterocycles. The number of anilines is 2. The molecule has 23 heavy (non-hydrogen) atoms. The maximum atomic E-state index is 12.0. The molecule has 7 heteroatoms. The van der Waals surface area contributed by atoms with E-state index in [0.29, 0.717) is 30.4 Å². The summed E-state index contributed by atoms with van der Waals surface area (Å²) in [6, 6.07) is 10.6. The van der Waals surface area contributed by atoms with Crippen LogP contribution in [0.5, 0.6) is 0 Å². The number of rotatable bonds is 6. The summed E-state index contributed by atoms with van der Waals surface area (Å²) < 4.78 is 4.89. The molecular formula is C16H17N5O2. The number of amides is 1. The number of nitrogens with one attached hydrogen (secondary N) is 2. The summed E-state index contributed by atoms with van der Waals surface area (Å²) in [5, 5.41) is 14.6. The summed E-state index contributed by atoms with van der Waals surface area (Å²) in [6.07, 6.45) is 0. The van der Waals surface area contributed by atoms with Crippen LogP contribution in [0.4, 0.5) is 11.5 Å². The molecule has 0 aliphatic rings. The largest absolute Gasteiger partial charge is 0.383 e. The number of carbonyl (C=O) groups is 1. The monoisotopic (exact) mass is 311 g/mol. The number of benzene rings is 1. The van der Waals surface area contributed by atoms with Gasteiger partial charge in [0.1, 0.15) is 17.3 Å². The average Bonchev–Trinajstić information content (AvgIpc) is 2.55. The number of nitrogens with zero attached hydrogens (tertiary/aromatic N) is 3. The van der Waals surface area contributed by atoms with E-state index in [1.54, 1.807) is 44.4 Å². The van der Waals surface area contributed by atoms with Crippen molar-refractivity contribution in [2.24, 2.45) is 0 Å². The van der Waals surface area contributed by atoms with Crippen LogP contribution in [-0.4, -0.2) is 36.1 Å². The van der Waals surface area contributed by atoms with E-state index in [0.717, 1.165) is 5.69 Å². The molecule has 0 saturated carbocycles. The van der Waals surface area contributed by atoms with Gasteiger partial charge in [0.15, 0.2) is 0 Å². The number of aromatic nitrogens is 2. The van der Waals surface area contributed by atoms with Crippen molar-refractivity contribution in [3.63, 3.8) is 0 Å². The van der Waals surface area contributed by atoms with Crippen LogP contribution in [0.1, 0.15) is 21.9 Å². The normalized spacial score (nSPS) is 9.96. The lowest BCUT2D eigenvalue weighted by Crippen LogP contribution is -2.28. The zero-order valence-corrected chi connectivity index (χ0v) is 13.0. The molecule has 2 N–H and O–H groups in total. The zero-order chi connectivity index (χ0) is 16.7. The molecule has 1 aromatic carbocycles. The van der Waals surface area contributed by atoms with Crippen LogP contribution in [0.15, 0.2) is 30.3 Å². The molecular weight excluding hydrogens is 294 g/mol. The number of hydrogen-bond acceptors (Lipinski definition) is 6. The Morgan fingerprint density at radius 3 is 2.70 bits per heavy atom. The van der Waals surface area contributed by atoms with Gasteiger partial charge in [-0.3, -0.25) is 4.79 Å². The van der Waals surface area contributed by atoms with Crippen molar-refractivity contribution in [1.29, 1.82) is 5.26 Å². The highest BCUT2D eigenvalue weighted by Gasteiger charge is 2.10. The van der Waals surface area contributed by atoms with Gasteiger partial charge >= 0.3 is 0 Å². The van der Waals surface area contributed by atoms with Crippen molar-refractivity contribution < 1.29 is 9.53 Å². The first-order valence-corrected chi connectivity index (χ1v) is 7.02. The fourth-order valence-electron chi connectivity index (χ4n) is 1.88. The molecule has 1 amide bonds. The smallest absolute Gasteiger partial charge is 0.270 e. The summed E-state index contributed by atoms with van der Waals surface area (Å²) >= 11 is 0. The first-order valence-electron chi connectivity index (χ1n) is 7.02. The van der Waals surface area contributed by atoms with E-state index in [1.165, 1.54) is 0 Å². The van der Waals surface area contributed by atoms with E-state index in [4.69, 9.17) is 10.00 Å². The Kier molecular flexibility index (Phi) is 5.61. The van der Waals surface area contributed by atoms with Gasteiger partial charge in [0, 0.05) is 25.4 Å². The lowest BCUT2D eigenvalue weighted by atomic mass is 10.2. The summed E-state index contributed by atoms with van der Waals surface area (Å²) in [6.45, 7) is 2.57. The highest BCUT2D eigenvalue weighted by Crippen LogP contribution is 2.16. The topological polar surface area (TPSA) is 99.9 Å². The van der Waals surface area contributed by atoms with Crippen molar-refractivity contribution in [2.75, 3.05) is 25.6 Å². The third-order valence-electron chi connectivity index (χ3n) is 2.95. The molecule has 2 aromatic rings. The molecule has 0 bridgehead atoms. The number of nitriles is 1. The number of methoxy groups -OCH3 is 1. The molecule has 7 nitrogen and oxygen atoms in total. The Bertz CT molecular complexity index is 722. The Morgan fingerprint density at radius 1 is 1.30 bits per heavy atom. The van der Waals surface area contributed by atoms with Crippen LogP contribution >= 0.6 is 0 Å². The second-order valence-electron chi connectivity index (χ2n) is 4.75. The maximum Gasteiger partial charge on any atom is 0.270 e. The lowest BCUT2D eigenvalue weighted by Gasteiger charge is -2.09. The summed E-state index contributed by atoms with van der Waals surface area (Å²) in [5.41, 5.74) is 1.63. The zero-order valence-electron chi connectivity index (χ0n) is 13.0. The van der Waals surface area contributed by atoms with E-state index in [2.05, 4.69) is 26.7 Å². The fraction of sp³-hybridized carbons (Fsp3) is 0.250. The van der Waals surface area contributed by atoms with Crippen molar-refractivity contribution in [3.8, 4) is 6.07 Å². The van der Waals surface area contributed by atoms with Gasteiger partial charge < -0.3 is 15.4 Å². The predicted octanol–water partition coefficient (Wildman–Crippen LogP) is 1.78. The van der Waals surface area contributed by atoms with Crippen molar-refractivity contribution in [1.82, 2.24) is 15.3 Å². The van der Waals surface area contributed by atoms with Gasteiger partial charge in [-0.1, -0.05) is 0 Å². The van der Waals surface area contributed by atoms with Gasteiger partial charge in [0.25, 0.3) is 5.91 Å². The van der Waals surface area contributed by atoms with Crippen LogP contribution in [-0.2, 0) is 4.74 Å². The van der Waals surface area contributed by atoms with E-state index < -0.39 is 0 Å². The van der Waals surface area contributed by atoms with Gasteiger partial charge in [-0.05, 0) is 31.2 Å². The fourth-order valence-corrected chi connectivity index (χ4v) is 1.88. The second kappa shape index (κ2) is 7.87. The third-order valence-corrected chi connectivity index (χ3v) is 2.95. The summed E-state index contributed by atoms with van der Waals surface area (Å²) in [5.74, 6) is 0.718. The van der Waals surface area contributed by atoms with E-state index in [-0.39, 0.29) is 11.6 Å². The standard InChI is InChI=1S/C16H17N5O2/c1-11-19-14(16(22)18-7-8-23-2)9-15(20-11)21-13-5-3-12(10-17)4-6-13/h3-6,9H,7-8H2,1-2H3,(H,18,22)(H,19,20,21). The molecule has 0 unspecified atom stereocenters. The summed E-state index contributed by atoms with van der Waals surface area (Å²) in [4.78, 5) is 20.4. The minimum absolute atomic E-state index is 0.282. The Morgan fingerprint density at radius 2 is 2.04 bits per heavy atom. The minimum Gasteiger partial charge on any atom is -0.383 e. The second-order valence-corrected chi connectivity index (χ2v) is 4.75. The quantitative estimate of drug-likeness (QED) is 0.789. The molecule has 1 heterocycles. The van der Waals surface area contributed by atoms with Crippen LogP contribution in [0.2, 0.25) is 0 Å². The Labute approximate surface area is 134 Å². The van der Waals surface area contributed by atoms with Crippen molar-refractivity contribution >= 4 is 17.4 Å². The Hall–Kier alpha value is -2.98. The first kappa shape index (κ1) is 16.4. The Balaban J connectivity index is 2.13. The van der Waals surface area contributed by atoms with Crippen LogP contribution < -0.4 is 10.6 Å². The van der Waals surface area contributed by atoms with E-state index in [1.807, 2.05) is 0 Å². The van der Waals surface area contributed by atoms with Gasteiger partial charge in [-0.15, -0.1) is 0 Å². The molecule has 0 saturated heterocycles. The highest BCUT2D eigenvalue weighted by atomic mass is 16.5. The van der Waals surface area contributed by atoms with Gasteiger partial charge in [0.2, 0.25) is 0 Å². The maximum absolute atomic E-state index is 12.0. The van der Waals surface area contributed by atoms with Gasteiger partial charge in [-0.2, -0.15) is 5.26 Å². The molecule has 0 atom stereocenters. The third kappa shape index (κ3) is 4.76. The number of aryl methyl sites for hydroxylation is 1. The minimum atomic E-state index is -0.282. The van der Waals surface area contributed by atoms with Gasteiger partial charge in [-0.25, -0.2) is 9.97 Å². The molecule has 0 spiro atoms. The van der Waals surface area contributed by atoms with Crippen molar-refractivity contribution in [3.05, 3.63) is 47.4 Å². The lowest BCUT2D eigenvalue weighted by molar-refractivity contribution is 0.0932. The average molecular weight is 311 g/mol. The number of hydrogen-bond donors (Lipinski definition) is 2. The molecule has 0 fully saturated rings. The molecule has 2 rings (SSSR count). The summed E-state index contributed by atoms with van der Waals surface area (Å²) in [7, 11) is 1.57. The van der Waals surface area contributed by atoms with Crippen molar-refractivity contribution in [2.45, 2.75) is 6.92 Å². The van der Waals surface area contributed by atoms with E-state index >= 15 is 0 Å². The number of ether oxygens (including phenoxy) is 1. The molecule has 1 aromatic heterocycles. The van der Waals surface area contributed by atoms with Gasteiger partial charge in [0.05, 0.1) is 18.2 Å². The SMILES string of the molecule is COCCNC(=O)c1cc(Nc2ccc(C#N)cc2)nc(C)n1. The number of carbonyl (C=O) groups excluding carboxylic acids is 1. The molecule has 0 radical (unpaired) electrons. The molecule has 0 aliphatic carbocycles. The van der Waals surface area contributed by atoms with E-state index in [9.17, 15) is 4.79 Å². The molecule has 118 valence electrons. The first-order chi connectivity index (χ1) is 11.1. The predicted molar refractivity (Wildman–Crippen MR) is 85.4 cm³/mol. The van der Waals surface area contributed by atoms with Crippen LogP contribution in [0, 0.1) is 18.3 Å². The van der Waals surface area contributed by atoms with Crippen LogP contribution in [0.25, 0.3) is 0 Å². The van der Waals surface area contributed by atoms with Crippen LogP contribution in [0.3, 0.4) is 0 Å². The highest BCUT2D eigenvalue weighted by molar-refractivity contribution is 5.93.